The molecule has 1 aromatic carbocycles. The number of rotatable bonds is 2. The fourth-order valence-corrected chi connectivity index (χ4v) is 2.26. The van der Waals surface area contributed by atoms with Crippen molar-refractivity contribution in [1.29, 1.82) is 0 Å². The molecular weight excluding hydrogens is 393 g/mol. The monoisotopic (exact) mass is 398 g/mol. The molecule has 3 nitrogen and oxygen atoms in total. The van der Waals surface area contributed by atoms with E-state index in [1.807, 2.05) is 22.6 Å². The molecule has 0 unspecified atom stereocenters. The second-order valence-corrected chi connectivity index (χ2v) is 3.60. The molecule has 0 fully saturated rings. The van der Waals surface area contributed by atoms with Gasteiger partial charge in [0.15, 0.2) is 28.8 Å². The van der Waals surface area contributed by atoms with Crippen LogP contribution in [0.2, 0.25) is 0 Å². The van der Waals surface area contributed by atoms with Gasteiger partial charge in [-0.1, -0.05) is 6.07 Å². The quantitative estimate of drug-likeness (QED) is 0.614. The van der Waals surface area contributed by atoms with E-state index in [2.05, 4.69) is 0 Å². The van der Waals surface area contributed by atoms with Crippen LogP contribution in [0.15, 0.2) is 18.2 Å². The third-order valence-corrected chi connectivity index (χ3v) is 2.56. The topological polar surface area (TPSA) is 46.5 Å². The first-order valence-electron chi connectivity index (χ1n) is 2.97. The summed E-state index contributed by atoms with van der Waals surface area (Å²) in [6.07, 6.45) is 0. The van der Waals surface area contributed by atoms with Crippen molar-refractivity contribution in [3.63, 3.8) is 0 Å². The maximum atomic E-state index is 10.6. The van der Waals surface area contributed by atoms with Gasteiger partial charge in [-0.3, -0.25) is 0 Å². The Balaban J connectivity index is 0.00000144. The van der Waals surface area contributed by atoms with Crippen LogP contribution in [0.3, 0.4) is 0 Å². The van der Waals surface area contributed by atoms with Crippen molar-refractivity contribution in [2.75, 3.05) is 0 Å². The molecule has 0 atom stereocenters. The number of hydrogen-bond acceptors (Lipinski definition) is 2. The first kappa shape index (κ1) is 13.5. The molecule has 0 aliphatic carbocycles. The summed E-state index contributed by atoms with van der Waals surface area (Å²) in [6, 6.07) is 4.99. The Bertz CT molecular complexity index is 317. The fraction of sp³-hybridized carbons (Fsp3) is 0. The number of halogens is 2. The number of hydrogen-bond donors (Lipinski definition) is 1. The van der Waals surface area contributed by atoms with E-state index < -0.39 is 5.97 Å². The molecule has 0 aliphatic heterocycles. The number of carboxylic acid groups (broad SMARTS) is 1. The summed E-state index contributed by atoms with van der Waals surface area (Å²) in [5, 5.41) is 8.73. The average molecular weight is 398 g/mol. The van der Waals surface area contributed by atoms with Gasteiger partial charge in [-0.05, 0) is 34.7 Å². The van der Waals surface area contributed by atoms with E-state index in [1.165, 1.54) is 6.07 Å². The number of para-hydroxylation sites is 1. The Morgan fingerprint density at radius 3 is 2.46 bits per heavy atom. The molecule has 1 aromatic rings. The second kappa shape index (κ2) is 6.11. The summed E-state index contributed by atoms with van der Waals surface area (Å²) >= 11 is 3.70. The van der Waals surface area contributed by atoms with Crippen LogP contribution < -0.4 is 3.07 Å². The van der Waals surface area contributed by atoms with Crippen molar-refractivity contribution in [2.45, 2.75) is 0 Å². The van der Waals surface area contributed by atoms with Crippen LogP contribution in [0, 0.1) is 3.57 Å². The predicted molar refractivity (Wildman–Crippen MR) is 67.9 cm³/mol. The molecule has 0 aliphatic rings. The molecule has 0 bridgehead atoms. The van der Waals surface area contributed by atoms with Crippen LogP contribution in [0.5, 0.6) is 5.75 Å². The minimum absolute atomic E-state index is 0. The molecule has 0 saturated carbocycles. The maximum absolute atomic E-state index is 10.6. The van der Waals surface area contributed by atoms with E-state index >= 15 is 0 Å². The standard InChI is InChI=1S/C7H4I2O3.Li.H/c8-5-3-1-2-4(7(10)11)6(5)12-9;;/h1-3H,(H,10,11);;. The molecule has 0 spiro atoms. The summed E-state index contributed by atoms with van der Waals surface area (Å²) in [5.74, 6) is -0.564. The third-order valence-electron chi connectivity index (χ3n) is 1.27. The number of aromatic carboxylic acids is 1. The first-order valence-corrected chi connectivity index (χ1v) is 4.93. The van der Waals surface area contributed by atoms with Gasteiger partial charge in [0.2, 0.25) is 0 Å². The third kappa shape index (κ3) is 3.31. The Morgan fingerprint density at radius 1 is 1.46 bits per heavy atom. The number of carboxylic acids is 1. The Morgan fingerprint density at radius 2 is 2.08 bits per heavy atom. The molecule has 0 heterocycles. The average Bonchev–Trinajstić information content (AvgIpc) is 2.03. The summed E-state index contributed by atoms with van der Waals surface area (Å²) < 4.78 is 5.71. The zero-order valence-corrected chi connectivity index (χ0v) is 10.1. The van der Waals surface area contributed by atoms with Crippen LogP contribution >= 0.6 is 45.6 Å². The fourth-order valence-electron chi connectivity index (χ4n) is 0.756. The van der Waals surface area contributed by atoms with Gasteiger partial charge in [0.25, 0.3) is 0 Å². The summed E-state index contributed by atoms with van der Waals surface area (Å²) in [7, 11) is 0. The van der Waals surface area contributed by atoms with Gasteiger partial charge in [0.1, 0.15) is 5.56 Å². The van der Waals surface area contributed by atoms with Gasteiger partial charge >= 0.3 is 24.8 Å². The van der Waals surface area contributed by atoms with Crippen molar-refractivity contribution in [1.82, 2.24) is 0 Å². The number of benzene rings is 1. The summed E-state index contributed by atoms with van der Waals surface area (Å²) in [4.78, 5) is 10.6. The SMILES string of the molecule is O=C(O)c1cccc(I)c1OI.[LiH]. The molecule has 1 rings (SSSR count). The van der Waals surface area contributed by atoms with Crippen molar-refractivity contribution in [3.8, 4) is 5.75 Å². The van der Waals surface area contributed by atoms with Crippen LogP contribution in [0.1, 0.15) is 10.4 Å². The molecule has 0 radical (unpaired) electrons. The van der Waals surface area contributed by atoms with Gasteiger partial charge in [-0.2, -0.15) is 0 Å². The van der Waals surface area contributed by atoms with E-state index in [4.69, 9.17) is 8.17 Å². The second-order valence-electron chi connectivity index (χ2n) is 2.00. The van der Waals surface area contributed by atoms with E-state index in [9.17, 15) is 4.79 Å². The van der Waals surface area contributed by atoms with Crippen LogP contribution in [0.25, 0.3) is 0 Å². The van der Waals surface area contributed by atoms with E-state index in [0.29, 0.717) is 5.75 Å². The van der Waals surface area contributed by atoms with Gasteiger partial charge in [-0.15, -0.1) is 0 Å². The van der Waals surface area contributed by atoms with Crippen molar-refractivity contribution in [3.05, 3.63) is 27.3 Å². The van der Waals surface area contributed by atoms with E-state index in [1.54, 1.807) is 35.1 Å². The van der Waals surface area contributed by atoms with Crippen LogP contribution in [-0.4, -0.2) is 29.9 Å². The molecule has 6 heteroatoms. The Hall–Kier alpha value is 0.547. The molecule has 0 saturated heterocycles. The molecule has 0 amide bonds. The molecule has 13 heavy (non-hydrogen) atoms. The Kier molecular flexibility index (Phi) is 6.37. The van der Waals surface area contributed by atoms with Crippen molar-refractivity contribution in [2.24, 2.45) is 0 Å². The van der Waals surface area contributed by atoms with Gasteiger partial charge in [-0.25, -0.2) is 4.79 Å². The predicted octanol–water partition coefficient (Wildman–Crippen LogP) is 2.07. The van der Waals surface area contributed by atoms with Gasteiger partial charge in [0.05, 0.1) is 3.57 Å². The normalized spacial score (nSPS) is 8.77. The zero-order chi connectivity index (χ0) is 9.14. The molecular formula is C7H5I2LiO3. The van der Waals surface area contributed by atoms with E-state index in [-0.39, 0.29) is 24.4 Å². The summed E-state index contributed by atoms with van der Waals surface area (Å²) in [5.41, 5.74) is 0.191. The number of carbonyl (C=O) groups is 1. The molecule has 0 aromatic heterocycles. The van der Waals surface area contributed by atoms with Crippen molar-refractivity contribution < 1.29 is 13.0 Å². The summed E-state index contributed by atoms with van der Waals surface area (Å²) in [6.45, 7) is 0. The van der Waals surface area contributed by atoms with Gasteiger partial charge in [0, 0.05) is 0 Å². The van der Waals surface area contributed by atoms with Gasteiger partial charge < -0.3 is 8.17 Å². The van der Waals surface area contributed by atoms with Crippen LogP contribution in [0.4, 0.5) is 0 Å². The van der Waals surface area contributed by atoms with Crippen LogP contribution in [-0.2, 0) is 0 Å². The zero-order valence-electron chi connectivity index (χ0n) is 5.75. The Labute approximate surface area is 115 Å². The van der Waals surface area contributed by atoms with E-state index in [0.717, 1.165) is 3.57 Å². The molecule has 1 N–H and O–H groups in total. The first-order chi connectivity index (χ1) is 5.66. The minimum atomic E-state index is -0.972. The van der Waals surface area contributed by atoms with Crippen molar-refractivity contribution >= 4 is 70.4 Å². The molecule has 66 valence electrons.